The second kappa shape index (κ2) is 8.27. The molecule has 2 aromatic rings. The minimum Gasteiger partial charge on any atom is -0.493 e. The van der Waals surface area contributed by atoms with E-state index in [1.165, 1.54) is 6.07 Å². The molecule has 1 heterocycles. The predicted octanol–water partition coefficient (Wildman–Crippen LogP) is 3.21. The topological polar surface area (TPSA) is 50.7 Å². The van der Waals surface area contributed by atoms with E-state index in [2.05, 4.69) is 5.32 Å². The van der Waals surface area contributed by atoms with Crippen molar-refractivity contribution in [1.29, 1.82) is 0 Å². The molecule has 0 spiro atoms. The lowest BCUT2D eigenvalue weighted by molar-refractivity contribution is 0.103. The summed E-state index contributed by atoms with van der Waals surface area (Å²) >= 11 is 0. The quantitative estimate of drug-likeness (QED) is 0.841. The third-order valence-electron chi connectivity index (χ3n) is 4.12. The van der Waals surface area contributed by atoms with E-state index >= 15 is 0 Å². The average Bonchev–Trinajstić information content (AvgIpc) is 2.83. The number of aliphatic hydroxyl groups excluding tert-OH is 1. The lowest BCUT2D eigenvalue weighted by atomic mass is 10.0. The number of hydrogen-bond acceptors (Lipinski definition) is 4. The van der Waals surface area contributed by atoms with E-state index in [1.54, 1.807) is 0 Å². The van der Waals surface area contributed by atoms with Gasteiger partial charge in [0.05, 0.1) is 6.61 Å². The number of rotatable bonds is 6. The lowest BCUT2D eigenvalue weighted by Gasteiger charge is -2.20. The van der Waals surface area contributed by atoms with Gasteiger partial charge in [-0.05, 0) is 31.0 Å². The number of nitrogens with one attached hydrogen (secondary N) is 1. The molecular weight excluding hydrogens is 328 g/mol. The van der Waals surface area contributed by atoms with E-state index < -0.39 is 17.7 Å². The minimum atomic E-state index is -0.972. The molecule has 134 valence electrons. The summed E-state index contributed by atoms with van der Waals surface area (Å²) in [6.07, 6.45) is 1.06. The van der Waals surface area contributed by atoms with Crippen molar-refractivity contribution in [3.8, 4) is 11.5 Å². The smallest absolute Gasteiger partial charge is 0.162 e. The standard InChI is InChI=1S/C19H21F2NO3/c20-16-8-7-14(10-17(16)21)25-12-13(23)11-22-18-5-3-9-24-19-6-2-1-4-15(18)19/h1-2,4,6-8,10,13,18,22-23H,3,5,9,11-12H2. The maximum atomic E-state index is 13.1. The summed E-state index contributed by atoms with van der Waals surface area (Å²) in [6.45, 7) is 0.989. The first kappa shape index (κ1) is 17.6. The highest BCUT2D eigenvalue weighted by molar-refractivity contribution is 5.36. The van der Waals surface area contributed by atoms with Crippen LogP contribution in [0.4, 0.5) is 8.78 Å². The Morgan fingerprint density at radius 3 is 2.88 bits per heavy atom. The molecule has 0 saturated heterocycles. The molecule has 1 aliphatic heterocycles. The molecule has 4 nitrogen and oxygen atoms in total. The van der Waals surface area contributed by atoms with Gasteiger partial charge in [-0.3, -0.25) is 0 Å². The van der Waals surface area contributed by atoms with Gasteiger partial charge in [-0.2, -0.15) is 0 Å². The highest BCUT2D eigenvalue weighted by Gasteiger charge is 2.20. The lowest BCUT2D eigenvalue weighted by Crippen LogP contribution is -2.33. The number of ether oxygens (including phenoxy) is 2. The summed E-state index contributed by atoms with van der Waals surface area (Å²) < 4.78 is 37.0. The molecule has 2 aromatic carbocycles. The van der Waals surface area contributed by atoms with Crippen LogP contribution in [0, 0.1) is 11.6 Å². The van der Waals surface area contributed by atoms with Gasteiger partial charge in [0.25, 0.3) is 0 Å². The Balaban J connectivity index is 1.52. The molecule has 2 N–H and O–H groups in total. The minimum absolute atomic E-state index is 0.0110. The fourth-order valence-corrected chi connectivity index (χ4v) is 2.83. The van der Waals surface area contributed by atoms with Crippen LogP contribution in [-0.2, 0) is 0 Å². The average molecular weight is 349 g/mol. The Morgan fingerprint density at radius 1 is 1.20 bits per heavy atom. The van der Waals surface area contributed by atoms with Crippen molar-refractivity contribution in [2.45, 2.75) is 25.0 Å². The first-order chi connectivity index (χ1) is 12.1. The van der Waals surface area contributed by atoms with Gasteiger partial charge in [0.2, 0.25) is 0 Å². The van der Waals surface area contributed by atoms with Crippen molar-refractivity contribution in [3.63, 3.8) is 0 Å². The highest BCUT2D eigenvalue weighted by Crippen LogP contribution is 2.31. The molecule has 0 aromatic heterocycles. The molecule has 0 fully saturated rings. The van der Waals surface area contributed by atoms with Crippen molar-refractivity contribution < 1.29 is 23.4 Å². The normalized spacial score (nSPS) is 18.0. The maximum Gasteiger partial charge on any atom is 0.162 e. The summed E-state index contributed by atoms with van der Waals surface area (Å²) in [5, 5.41) is 13.4. The number of benzene rings is 2. The van der Waals surface area contributed by atoms with Gasteiger partial charge < -0.3 is 19.9 Å². The van der Waals surface area contributed by atoms with Crippen LogP contribution in [0.1, 0.15) is 24.4 Å². The van der Waals surface area contributed by atoms with E-state index in [9.17, 15) is 13.9 Å². The summed E-state index contributed by atoms with van der Waals surface area (Å²) in [5.41, 5.74) is 1.08. The summed E-state index contributed by atoms with van der Waals surface area (Å²) in [5.74, 6) is -0.847. The zero-order valence-corrected chi connectivity index (χ0v) is 13.8. The van der Waals surface area contributed by atoms with Gasteiger partial charge in [0, 0.05) is 24.2 Å². The number of aliphatic hydroxyl groups is 1. The Kier molecular flexibility index (Phi) is 5.83. The van der Waals surface area contributed by atoms with Gasteiger partial charge in [0.15, 0.2) is 11.6 Å². The first-order valence-corrected chi connectivity index (χ1v) is 8.34. The van der Waals surface area contributed by atoms with E-state index in [4.69, 9.17) is 9.47 Å². The predicted molar refractivity (Wildman–Crippen MR) is 89.8 cm³/mol. The van der Waals surface area contributed by atoms with Crippen LogP contribution in [-0.4, -0.2) is 31.0 Å². The van der Waals surface area contributed by atoms with Crippen LogP contribution in [0.15, 0.2) is 42.5 Å². The molecule has 2 unspecified atom stereocenters. The summed E-state index contributed by atoms with van der Waals surface area (Å²) in [6, 6.07) is 11.2. The molecule has 1 aliphatic rings. The Morgan fingerprint density at radius 2 is 2.04 bits per heavy atom. The molecule has 0 aliphatic carbocycles. The van der Waals surface area contributed by atoms with Crippen LogP contribution in [0.5, 0.6) is 11.5 Å². The molecule has 25 heavy (non-hydrogen) atoms. The number of hydrogen-bond donors (Lipinski definition) is 2. The van der Waals surface area contributed by atoms with Crippen LogP contribution in [0.25, 0.3) is 0 Å². The molecular formula is C19H21F2NO3. The summed E-state index contributed by atoms with van der Waals surface area (Å²) in [4.78, 5) is 0. The van der Waals surface area contributed by atoms with Gasteiger partial charge in [-0.1, -0.05) is 18.2 Å². The molecule has 3 rings (SSSR count). The van der Waals surface area contributed by atoms with Gasteiger partial charge >= 0.3 is 0 Å². The fourth-order valence-electron chi connectivity index (χ4n) is 2.83. The molecule has 0 bridgehead atoms. The monoisotopic (exact) mass is 349 g/mol. The van der Waals surface area contributed by atoms with Crippen molar-refractivity contribution in [2.24, 2.45) is 0 Å². The number of para-hydroxylation sites is 1. The molecule has 0 radical (unpaired) electrons. The van der Waals surface area contributed by atoms with Gasteiger partial charge in [-0.15, -0.1) is 0 Å². The fraction of sp³-hybridized carbons (Fsp3) is 0.368. The van der Waals surface area contributed by atoms with Crippen LogP contribution >= 0.6 is 0 Å². The second-order valence-electron chi connectivity index (χ2n) is 6.03. The summed E-state index contributed by atoms with van der Waals surface area (Å²) in [7, 11) is 0. The van der Waals surface area contributed by atoms with E-state index in [1.807, 2.05) is 24.3 Å². The van der Waals surface area contributed by atoms with E-state index in [0.717, 1.165) is 36.3 Å². The molecule has 2 atom stereocenters. The Bertz CT molecular complexity index is 711. The maximum absolute atomic E-state index is 13.1. The largest absolute Gasteiger partial charge is 0.493 e. The van der Waals surface area contributed by atoms with Crippen molar-refractivity contribution in [2.75, 3.05) is 19.8 Å². The van der Waals surface area contributed by atoms with Crippen LogP contribution in [0.2, 0.25) is 0 Å². The third-order valence-corrected chi connectivity index (χ3v) is 4.12. The van der Waals surface area contributed by atoms with Crippen LogP contribution < -0.4 is 14.8 Å². The number of fused-ring (bicyclic) bond motifs is 1. The van der Waals surface area contributed by atoms with E-state index in [0.29, 0.717) is 13.2 Å². The Labute approximate surface area is 145 Å². The molecule has 6 heteroatoms. The van der Waals surface area contributed by atoms with Crippen molar-refractivity contribution >= 4 is 0 Å². The molecule has 0 amide bonds. The van der Waals surface area contributed by atoms with Crippen molar-refractivity contribution in [1.82, 2.24) is 5.32 Å². The van der Waals surface area contributed by atoms with Crippen molar-refractivity contribution in [3.05, 3.63) is 59.7 Å². The zero-order chi connectivity index (χ0) is 17.6. The van der Waals surface area contributed by atoms with Gasteiger partial charge in [-0.25, -0.2) is 8.78 Å². The zero-order valence-electron chi connectivity index (χ0n) is 13.8. The first-order valence-electron chi connectivity index (χ1n) is 8.34. The third kappa shape index (κ3) is 4.67. The molecule has 0 saturated carbocycles. The van der Waals surface area contributed by atoms with E-state index in [-0.39, 0.29) is 18.4 Å². The number of halogens is 2. The highest BCUT2D eigenvalue weighted by atomic mass is 19.2. The van der Waals surface area contributed by atoms with Gasteiger partial charge in [0.1, 0.15) is 24.2 Å². The Hall–Kier alpha value is -2.18. The second-order valence-corrected chi connectivity index (χ2v) is 6.03. The SMILES string of the molecule is OC(CNC1CCCOc2ccccc21)COc1ccc(F)c(F)c1. The van der Waals surface area contributed by atoms with Crippen LogP contribution in [0.3, 0.4) is 0 Å².